The molecule has 5 nitrogen and oxygen atoms in total. The molecule has 0 saturated carbocycles. The summed E-state index contributed by atoms with van der Waals surface area (Å²) in [6, 6.07) is 9.28. The van der Waals surface area contributed by atoms with E-state index >= 15 is 0 Å². The van der Waals surface area contributed by atoms with Crippen LogP contribution in [0.15, 0.2) is 30.3 Å². The third kappa shape index (κ3) is 1.89. The molecule has 3 aromatic rings. The first kappa shape index (κ1) is 13.3. The summed E-state index contributed by atoms with van der Waals surface area (Å²) in [5.41, 5.74) is 2.30. The summed E-state index contributed by atoms with van der Waals surface area (Å²) in [4.78, 5) is 28.2. The predicted molar refractivity (Wildman–Crippen MR) is 79.6 cm³/mol. The van der Waals surface area contributed by atoms with Gasteiger partial charge in [-0.25, -0.2) is 9.78 Å². The normalized spacial score (nSPS) is 11.0. The van der Waals surface area contributed by atoms with E-state index in [2.05, 4.69) is 4.98 Å². The predicted octanol–water partition coefficient (Wildman–Crippen LogP) is 2.94. The summed E-state index contributed by atoms with van der Waals surface area (Å²) < 4.78 is 6.35. The molecule has 3 rings (SSSR count). The second-order valence-corrected chi connectivity index (χ2v) is 4.86. The maximum absolute atomic E-state index is 12.0. The number of nitrogens with zero attached hydrogens (tertiary/aromatic N) is 2. The van der Waals surface area contributed by atoms with Crippen molar-refractivity contribution in [3.63, 3.8) is 0 Å². The molecule has 0 spiro atoms. The number of carbonyl (C=O) groups is 2. The molecule has 2 heterocycles. The van der Waals surface area contributed by atoms with E-state index in [1.54, 1.807) is 17.6 Å². The number of hydrogen-bond acceptors (Lipinski definition) is 4. The van der Waals surface area contributed by atoms with Crippen LogP contribution in [-0.4, -0.2) is 28.5 Å². The average molecular weight is 282 g/mol. The quantitative estimate of drug-likeness (QED) is 0.644. The van der Waals surface area contributed by atoms with Gasteiger partial charge in [0.25, 0.3) is 0 Å². The molecule has 0 unspecified atom stereocenters. The molecule has 0 aliphatic carbocycles. The second-order valence-electron chi connectivity index (χ2n) is 4.86. The van der Waals surface area contributed by atoms with Crippen molar-refractivity contribution in [2.24, 2.45) is 0 Å². The largest absolute Gasteiger partial charge is 0.465 e. The fraction of sp³-hybridized carbons (Fsp3) is 0.188. The van der Waals surface area contributed by atoms with Crippen molar-refractivity contribution in [1.82, 2.24) is 9.55 Å². The molecule has 0 aliphatic heterocycles. The Labute approximate surface area is 121 Å². The van der Waals surface area contributed by atoms with Crippen molar-refractivity contribution in [3.8, 4) is 0 Å². The van der Waals surface area contributed by atoms with Crippen LogP contribution in [0.4, 0.5) is 0 Å². The summed E-state index contributed by atoms with van der Waals surface area (Å²) in [5.74, 6) is -0.541. The smallest absolute Gasteiger partial charge is 0.339 e. The van der Waals surface area contributed by atoms with Crippen LogP contribution in [0.1, 0.15) is 27.8 Å². The van der Waals surface area contributed by atoms with Crippen LogP contribution < -0.4 is 0 Å². The van der Waals surface area contributed by atoms with Gasteiger partial charge in [0.2, 0.25) is 5.91 Å². The maximum atomic E-state index is 12.0. The minimum Gasteiger partial charge on any atom is -0.465 e. The van der Waals surface area contributed by atoms with Crippen LogP contribution in [0, 0.1) is 6.92 Å². The topological polar surface area (TPSA) is 61.2 Å². The summed E-state index contributed by atoms with van der Waals surface area (Å²) in [6.07, 6.45) is 0. The van der Waals surface area contributed by atoms with Gasteiger partial charge in [-0.3, -0.25) is 9.36 Å². The van der Waals surface area contributed by atoms with Crippen molar-refractivity contribution in [3.05, 3.63) is 41.6 Å². The lowest BCUT2D eigenvalue weighted by Gasteiger charge is -2.05. The van der Waals surface area contributed by atoms with Crippen LogP contribution in [0.2, 0.25) is 0 Å². The van der Waals surface area contributed by atoms with E-state index in [1.807, 2.05) is 24.3 Å². The number of pyridine rings is 1. The zero-order chi connectivity index (χ0) is 15.1. The molecule has 0 fully saturated rings. The monoisotopic (exact) mass is 282 g/mol. The van der Waals surface area contributed by atoms with E-state index in [0.29, 0.717) is 16.9 Å². The van der Waals surface area contributed by atoms with Crippen molar-refractivity contribution < 1.29 is 14.3 Å². The van der Waals surface area contributed by atoms with Gasteiger partial charge in [0.1, 0.15) is 5.65 Å². The van der Waals surface area contributed by atoms with E-state index in [1.165, 1.54) is 14.0 Å². The molecular formula is C16H14N2O3. The zero-order valence-corrected chi connectivity index (χ0v) is 12.0. The van der Waals surface area contributed by atoms with Crippen molar-refractivity contribution in [2.75, 3.05) is 7.11 Å². The Hall–Kier alpha value is -2.69. The molecule has 0 N–H and O–H groups in total. The Morgan fingerprint density at radius 3 is 2.57 bits per heavy atom. The molecule has 0 atom stereocenters. The lowest BCUT2D eigenvalue weighted by molar-refractivity contribution is 0.0599. The number of ether oxygens (including phenoxy) is 1. The zero-order valence-electron chi connectivity index (χ0n) is 12.0. The Morgan fingerprint density at radius 1 is 1.19 bits per heavy atom. The van der Waals surface area contributed by atoms with Crippen LogP contribution in [-0.2, 0) is 4.74 Å². The lowest BCUT2D eigenvalue weighted by Crippen LogP contribution is -2.09. The Balaban J connectivity index is 2.49. The molecule has 2 aromatic heterocycles. The van der Waals surface area contributed by atoms with Gasteiger partial charge in [-0.2, -0.15) is 0 Å². The fourth-order valence-corrected chi connectivity index (χ4v) is 2.61. The molecule has 1 aromatic carbocycles. The number of benzene rings is 1. The van der Waals surface area contributed by atoms with E-state index in [4.69, 9.17) is 4.74 Å². The molecule has 0 radical (unpaired) electrons. The van der Waals surface area contributed by atoms with E-state index in [0.717, 1.165) is 16.3 Å². The number of aromatic nitrogens is 2. The van der Waals surface area contributed by atoms with Crippen LogP contribution in [0.25, 0.3) is 21.9 Å². The van der Waals surface area contributed by atoms with E-state index in [-0.39, 0.29) is 5.91 Å². The first-order valence-corrected chi connectivity index (χ1v) is 6.54. The lowest BCUT2D eigenvalue weighted by atomic mass is 10.1. The molecule has 21 heavy (non-hydrogen) atoms. The van der Waals surface area contributed by atoms with Crippen molar-refractivity contribution in [1.29, 1.82) is 0 Å². The van der Waals surface area contributed by atoms with Crippen LogP contribution in [0.5, 0.6) is 0 Å². The number of carbonyl (C=O) groups excluding carboxylic acids is 2. The molecule has 0 saturated heterocycles. The third-order valence-corrected chi connectivity index (χ3v) is 3.56. The van der Waals surface area contributed by atoms with E-state index in [9.17, 15) is 9.59 Å². The summed E-state index contributed by atoms with van der Waals surface area (Å²) in [7, 11) is 1.34. The van der Waals surface area contributed by atoms with Gasteiger partial charge in [-0.05, 0) is 19.1 Å². The third-order valence-electron chi connectivity index (χ3n) is 3.56. The Morgan fingerprint density at radius 2 is 1.90 bits per heavy atom. The number of para-hydroxylation sites is 1. The number of aryl methyl sites for hydroxylation is 1. The van der Waals surface area contributed by atoms with Crippen molar-refractivity contribution >= 4 is 33.8 Å². The molecule has 106 valence electrons. The van der Waals surface area contributed by atoms with Gasteiger partial charge in [-0.1, -0.05) is 18.2 Å². The average Bonchev–Trinajstić information content (AvgIpc) is 2.79. The maximum Gasteiger partial charge on any atom is 0.339 e. The minimum absolute atomic E-state index is 0.112. The molecule has 0 bridgehead atoms. The van der Waals surface area contributed by atoms with Gasteiger partial charge >= 0.3 is 5.97 Å². The summed E-state index contributed by atoms with van der Waals surface area (Å²) >= 11 is 0. The molecule has 0 aliphatic rings. The van der Waals surface area contributed by atoms with Gasteiger partial charge in [0.15, 0.2) is 0 Å². The Bertz CT molecular complexity index is 893. The van der Waals surface area contributed by atoms with Crippen LogP contribution in [0.3, 0.4) is 0 Å². The highest BCUT2D eigenvalue weighted by atomic mass is 16.5. The summed E-state index contributed by atoms with van der Waals surface area (Å²) in [6.45, 7) is 3.23. The van der Waals surface area contributed by atoms with Gasteiger partial charge < -0.3 is 4.74 Å². The van der Waals surface area contributed by atoms with Crippen molar-refractivity contribution in [2.45, 2.75) is 13.8 Å². The van der Waals surface area contributed by atoms with Gasteiger partial charge in [-0.15, -0.1) is 0 Å². The first-order chi connectivity index (χ1) is 10.0. The fourth-order valence-electron chi connectivity index (χ4n) is 2.61. The van der Waals surface area contributed by atoms with Crippen LogP contribution >= 0.6 is 0 Å². The highest BCUT2D eigenvalue weighted by Gasteiger charge is 2.19. The number of fused-ring (bicyclic) bond motifs is 3. The second kappa shape index (κ2) is 4.70. The number of rotatable bonds is 1. The first-order valence-electron chi connectivity index (χ1n) is 6.54. The Kier molecular flexibility index (Phi) is 2.97. The summed E-state index contributed by atoms with van der Waals surface area (Å²) in [5, 5.41) is 1.66. The molecule has 0 amide bonds. The highest BCUT2D eigenvalue weighted by molar-refractivity contribution is 6.13. The standard InChI is InChI=1S/C16H14N2O3/c1-9-12(16(20)21-3)8-13-11-6-4-5-7-14(11)18(10(2)19)15(13)17-9/h4-8H,1-3H3. The van der Waals surface area contributed by atoms with Gasteiger partial charge in [0, 0.05) is 17.7 Å². The number of hydrogen-bond donors (Lipinski definition) is 0. The number of esters is 1. The van der Waals surface area contributed by atoms with Gasteiger partial charge in [0.05, 0.1) is 23.9 Å². The van der Waals surface area contributed by atoms with E-state index < -0.39 is 5.97 Å². The highest BCUT2D eigenvalue weighted by Crippen LogP contribution is 2.29. The molecule has 5 heteroatoms. The SMILES string of the molecule is COC(=O)c1cc2c3ccccc3n(C(C)=O)c2nc1C. The number of methoxy groups -OCH3 is 1. The minimum atomic E-state index is -0.429. The molecular weight excluding hydrogens is 268 g/mol.